The van der Waals surface area contributed by atoms with E-state index < -0.39 is 0 Å². The molecule has 0 saturated carbocycles. The van der Waals surface area contributed by atoms with E-state index in [0.29, 0.717) is 11.3 Å². The van der Waals surface area contributed by atoms with Crippen LogP contribution < -0.4 is 0 Å². The molecule has 0 amide bonds. The van der Waals surface area contributed by atoms with Gasteiger partial charge in [0.1, 0.15) is 0 Å². The molecule has 0 N–H and O–H groups in total. The average Bonchev–Trinajstić information content (AvgIpc) is 2.53. The molecular formula is C15H22. The molecular weight excluding hydrogens is 180 g/mol. The zero-order valence-electron chi connectivity index (χ0n) is 10.4. The number of fused-ring (bicyclic) bond motifs is 1. The lowest BCUT2D eigenvalue weighted by Gasteiger charge is -2.19. The van der Waals surface area contributed by atoms with Crippen molar-refractivity contribution in [3.8, 4) is 0 Å². The minimum absolute atomic E-state index is 0.406. The van der Waals surface area contributed by atoms with E-state index in [0.717, 1.165) is 0 Å². The van der Waals surface area contributed by atoms with Crippen molar-refractivity contribution in [3.05, 3.63) is 34.9 Å². The van der Waals surface area contributed by atoms with Gasteiger partial charge in [0.05, 0.1) is 0 Å². The molecule has 1 atom stereocenters. The molecule has 1 unspecified atom stereocenters. The lowest BCUT2D eigenvalue weighted by molar-refractivity contribution is 0.522. The molecule has 0 aromatic heterocycles. The fraction of sp³-hybridized carbons (Fsp3) is 0.600. The zero-order valence-corrected chi connectivity index (χ0v) is 10.4. The molecule has 1 aromatic carbocycles. The monoisotopic (exact) mass is 202 g/mol. The van der Waals surface area contributed by atoms with Gasteiger partial charge in [0, 0.05) is 0 Å². The summed E-state index contributed by atoms with van der Waals surface area (Å²) in [7, 11) is 0. The highest BCUT2D eigenvalue weighted by Gasteiger charge is 2.29. The summed E-state index contributed by atoms with van der Waals surface area (Å²) >= 11 is 0. The molecule has 2 rings (SSSR count). The van der Waals surface area contributed by atoms with Crippen molar-refractivity contribution in [2.45, 2.75) is 58.3 Å². The lowest BCUT2D eigenvalue weighted by atomic mass is 9.85. The van der Waals surface area contributed by atoms with Crippen molar-refractivity contribution in [1.29, 1.82) is 0 Å². The van der Waals surface area contributed by atoms with Crippen LogP contribution in [0.5, 0.6) is 0 Å². The maximum Gasteiger partial charge on any atom is -0.00977 e. The summed E-state index contributed by atoms with van der Waals surface area (Å²) in [6.45, 7) is 9.31. The molecule has 15 heavy (non-hydrogen) atoms. The van der Waals surface area contributed by atoms with Crippen molar-refractivity contribution in [2.24, 2.45) is 0 Å². The van der Waals surface area contributed by atoms with E-state index in [2.05, 4.69) is 45.9 Å². The van der Waals surface area contributed by atoms with Crippen molar-refractivity contribution in [3.63, 3.8) is 0 Å². The van der Waals surface area contributed by atoms with Gasteiger partial charge in [-0.05, 0) is 47.3 Å². The van der Waals surface area contributed by atoms with Gasteiger partial charge in [-0.15, -0.1) is 0 Å². The highest BCUT2D eigenvalue weighted by molar-refractivity contribution is 5.41. The van der Waals surface area contributed by atoms with E-state index >= 15 is 0 Å². The van der Waals surface area contributed by atoms with Crippen LogP contribution in [0.4, 0.5) is 0 Å². The third kappa shape index (κ3) is 1.82. The third-order valence-corrected chi connectivity index (χ3v) is 4.06. The number of benzene rings is 1. The average molecular weight is 202 g/mol. The number of aryl methyl sites for hydroxylation is 1. The van der Waals surface area contributed by atoms with Gasteiger partial charge in [-0.1, -0.05) is 45.9 Å². The molecule has 0 heterocycles. The molecule has 82 valence electrons. The summed E-state index contributed by atoms with van der Waals surface area (Å²) in [5.41, 5.74) is 5.10. The summed E-state index contributed by atoms with van der Waals surface area (Å²) in [6, 6.07) is 7.14. The van der Waals surface area contributed by atoms with Crippen LogP contribution in [0.3, 0.4) is 0 Å². The Kier molecular flexibility index (Phi) is 2.62. The molecule has 0 spiro atoms. The SMILES string of the molecule is CCC(C)c1ccc2c(c1)CCC2(C)C. The lowest BCUT2D eigenvalue weighted by Crippen LogP contribution is -2.11. The van der Waals surface area contributed by atoms with Crippen LogP contribution in [0.15, 0.2) is 18.2 Å². The standard InChI is InChI=1S/C15H22/c1-5-11(2)12-6-7-14-13(10-12)8-9-15(14,3)4/h6-7,10-11H,5,8-9H2,1-4H3. The first kappa shape index (κ1) is 10.7. The zero-order chi connectivity index (χ0) is 11.1. The second-order valence-corrected chi connectivity index (χ2v) is 5.61. The smallest absolute Gasteiger partial charge is 0.00977 e. The van der Waals surface area contributed by atoms with Crippen molar-refractivity contribution < 1.29 is 0 Å². The van der Waals surface area contributed by atoms with Gasteiger partial charge in [0.25, 0.3) is 0 Å². The fourth-order valence-electron chi connectivity index (χ4n) is 2.60. The Bertz CT molecular complexity index is 360. The van der Waals surface area contributed by atoms with Crippen LogP contribution in [0.2, 0.25) is 0 Å². The molecule has 0 nitrogen and oxygen atoms in total. The Hall–Kier alpha value is -0.780. The second kappa shape index (κ2) is 3.66. The minimum Gasteiger partial charge on any atom is -0.0648 e. The third-order valence-electron chi connectivity index (χ3n) is 4.06. The molecule has 1 aliphatic rings. The normalized spacial score (nSPS) is 20.0. The first-order valence-corrected chi connectivity index (χ1v) is 6.18. The van der Waals surface area contributed by atoms with E-state index in [1.165, 1.54) is 24.8 Å². The van der Waals surface area contributed by atoms with Gasteiger partial charge in [-0.25, -0.2) is 0 Å². The summed E-state index contributed by atoms with van der Waals surface area (Å²) in [5, 5.41) is 0. The topological polar surface area (TPSA) is 0 Å². The summed E-state index contributed by atoms with van der Waals surface area (Å²) < 4.78 is 0. The van der Waals surface area contributed by atoms with Gasteiger partial charge in [0.15, 0.2) is 0 Å². The molecule has 0 saturated heterocycles. The predicted molar refractivity (Wildman–Crippen MR) is 66.5 cm³/mol. The van der Waals surface area contributed by atoms with Crippen LogP contribution in [-0.4, -0.2) is 0 Å². The van der Waals surface area contributed by atoms with E-state index in [9.17, 15) is 0 Å². The summed E-state index contributed by atoms with van der Waals surface area (Å²) in [5.74, 6) is 0.707. The van der Waals surface area contributed by atoms with Gasteiger partial charge >= 0.3 is 0 Å². The van der Waals surface area contributed by atoms with Gasteiger partial charge < -0.3 is 0 Å². The number of hydrogen-bond donors (Lipinski definition) is 0. The van der Waals surface area contributed by atoms with Crippen molar-refractivity contribution in [2.75, 3.05) is 0 Å². The van der Waals surface area contributed by atoms with Gasteiger partial charge in [-0.3, -0.25) is 0 Å². The Morgan fingerprint density at radius 2 is 2.07 bits per heavy atom. The molecule has 0 aliphatic heterocycles. The van der Waals surface area contributed by atoms with Gasteiger partial charge in [-0.2, -0.15) is 0 Å². The predicted octanol–water partition coefficient (Wildman–Crippen LogP) is 4.42. The Balaban J connectivity index is 2.37. The van der Waals surface area contributed by atoms with E-state index in [4.69, 9.17) is 0 Å². The van der Waals surface area contributed by atoms with Crippen LogP contribution >= 0.6 is 0 Å². The number of hydrogen-bond acceptors (Lipinski definition) is 0. The second-order valence-electron chi connectivity index (χ2n) is 5.61. The molecule has 0 radical (unpaired) electrons. The van der Waals surface area contributed by atoms with E-state index in [1.54, 1.807) is 11.1 Å². The van der Waals surface area contributed by atoms with Gasteiger partial charge in [0.2, 0.25) is 0 Å². The number of rotatable bonds is 2. The van der Waals surface area contributed by atoms with Crippen molar-refractivity contribution in [1.82, 2.24) is 0 Å². The van der Waals surface area contributed by atoms with Crippen molar-refractivity contribution >= 4 is 0 Å². The van der Waals surface area contributed by atoms with E-state index in [-0.39, 0.29) is 0 Å². The first-order valence-electron chi connectivity index (χ1n) is 6.18. The fourth-order valence-corrected chi connectivity index (χ4v) is 2.60. The first-order chi connectivity index (χ1) is 7.04. The molecule has 0 fully saturated rings. The largest absolute Gasteiger partial charge is 0.0648 e. The Morgan fingerprint density at radius 3 is 2.73 bits per heavy atom. The molecule has 0 bridgehead atoms. The van der Waals surface area contributed by atoms with Crippen LogP contribution in [0, 0.1) is 0 Å². The van der Waals surface area contributed by atoms with Crippen LogP contribution in [0.1, 0.15) is 63.1 Å². The Labute approximate surface area is 93.7 Å². The summed E-state index contributed by atoms with van der Waals surface area (Å²) in [6.07, 6.45) is 3.82. The maximum atomic E-state index is 2.44. The van der Waals surface area contributed by atoms with E-state index in [1.807, 2.05) is 0 Å². The quantitative estimate of drug-likeness (QED) is 0.665. The molecule has 1 aromatic rings. The highest BCUT2D eigenvalue weighted by atomic mass is 14.3. The maximum absolute atomic E-state index is 2.44. The summed E-state index contributed by atoms with van der Waals surface area (Å²) in [4.78, 5) is 0. The Morgan fingerprint density at radius 1 is 1.33 bits per heavy atom. The van der Waals surface area contributed by atoms with Crippen LogP contribution in [-0.2, 0) is 11.8 Å². The molecule has 1 aliphatic carbocycles. The molecule has 0 heteroatoms. The van der Waals surface area contributed by atoms with Crippen LogP contribution in [0.25, 0.3) is 0 Å². The minimum atomic E-state index is 0.406. The highest BCUT2D eigenvalue weighted by Crippen LogP contribution is 2.39.